The van der Waals surface area contributed by atoms with Gasteiger partial charge in [0.15, 0.2) is 0 Å². The highest BCUT2D eigenvalue weighted by Gasteiger charge is 2.55. The van der Waals surface area contributed by atoms with Gasteiger partial charge in [0.2, 0.25) is 0 Å². The van der Waals surface area contributed by atoms with Crippen LogP contribution in [0, 0.1) is 5.41 Å². The maximum Gasteiger partial charge on any atom is 0.312 e. The van der Waals surface area contributed by atoms with Gasteiger partial charge in [-0.05, 0) is 25.7 Å². The van der Waals surface area contributed by atoms with Gasteiger partial charge in [0.1, 0.15) is 0 Å². The number of carbonyl (C=O) groups is 1. The molecule has 0 aromatic carbocycles. The molecular weight excluding hydrogens is 170 g/mol. The molecule has 3 N–H and O–H groups in total. The van der Waals surface area contributed by atoms with Gasteiger partial charge in [-0.15, -0.1) is 0 Å². The van der Waals surface area contributed by atoms with Gasteiger partial charge < -0.3 is 15.6 Å². The zero-order valence-electron chi connectivity index (χ0n) is 7.58. The first-order chi connectivity index (χ1) is 6.13. The van der Waals surface area contributed by atoms with Gasteiger partial charge in [-0.25, -0.2) is 0 Å². The number of fused-ring (bicyclic) bond motifs is 2. The van der Waals surface area contributed by atoms with Crippen molar-refractivity contribution in [2.24, 2.45) is 11.1 Å². The number of carboxylic acids is 1. The third-order valence-electron chi connectivity index (χ3n) is 3.43. The molecule has 2 bridgehead atoms. The summed E-state index contributed by atoms with van der Waals surface area (Å²) < 4.78 is 5.57. The maximum atomic E-state index is 11.1. The minimum atomic E-state index is -0.720. The lowest BCUT2D eigenvalue weighted by Crippen LogP contribution is -2.43. The molecule has 2 atom stereocenters. The van der Waals surface area contributed by atoms with Crippen molar-refractivity contribution in [1.29, 1.82) is 0 Å². The molecule has 1 aliphatic carbocycles. The molecule has 4 heteroatoms. The summed E-state index contributed by atoms with van der Waals surface area (Å²) in [5, 5.41) is 9.10. The van der Waals surface area contributed by atoms with Gasteiger partial charge in [0.25, 0.3) is 0 Å². The van der Waals surface area contributed by atoms with Crippen LogP contribution in [0.25, 0.3) is 0 Å². The van der Waals surface area contributed by atoms with Gasteiger partial charge in [-0.2, -0.15) is 0 Å². The number of carboxylic acid groups (broad SMARTS) is 1. The molecule has 0 radical (unpaired) electrons. The third kappa shape index (κ3) is 1.16. The van der Waals surface area contributed by atoms with E-state index < -0.39 is 11.4 Å². The maximum absolute atomic E-state index is 11.1. The summed E-state index contributed by atoms with van der Waals surface area (Å²) in [5.74, 6) is -0.720. The first-order valence-electron chi connectivity index (χ1n) is 4.70. The van der Waals surface area contributed by atoms with Gasteiger partial charge in [-0.3, -0.25) is 4.79 Å². The SMILES string of the molecule is NCC12CCCC(C(=O)O)(CO1)C2. The minimum absolute atomic E-state index is 0.323. The lowest BCUT2D eigenvalue weighted by atomic mass is 9.70. The van der Waals surface area contributed by atoms with Crippen molar-refractivity contribution in [3.05, 3.63) is 0 Å². The molecule has 2 fully saturated rings. The second kappa shape index (κ2) is 2.69. The molecule has 13 heavy (non-hydrogen) atoms. The van der Waals surface area contributed by atoms with Crippen LogP contribution in [0.15, 0.2) is 0 Å². The number of ether oxygens (including phenoxy) is 1. The van der Waals surface area contributed by atoms with E-state index in [1.807, 2.05) is 0 Å². The van der Waals surface area contributed by atoms with E-state index in [1.165, 1.54) is 0 Å². The van der Waals surface area contributed by atoms with Crippen molar-refractivity contribution in [2.75, 3.05) is 13.2 Å². The van der Waals surface area contributed by atoms with Gasteiger partial charge >= 0.3 is 5.97 Å². The van der Waals surface area contributed by atoms with E-state index in [1.54, 1.807) is 0 Å². The van der Waals surface area contributed by atoms with E-state index >= 15 is 0 Å². The number of hydrogen-bond acceptors (Lipinski definition) is 3. The monoisotopic (exact) mass is 185 g/mol. The van der Waals surface area contributed by atoms with Crippen LogP contribution < -0.4 is 5.73 Å². The summed E-state index contributed by atoms with van der Waals surface area (Å²) in [6, 6.07) is 0. The largest absolute Gasteiger partial charge is 0.481 e. The number of nitrogens with two attached hydrogens (primary N) is 1. The number of rotatable bonds is 2. The van der Waals surface area contributed by atoms with Crippen molar-refractivity contribution in [2.45, 2.75) is 31.3 Å². The Morgan fingerprint density at radius 2 is 2.31 bits per heavy atom. The lowest BCUT2D eigenvalue weighted by Gasteiger charge is -2.33. The number of aliphatic carboxylic acids is 1. The molecule has 1 saturated heterocycles. The van der Waals surface area contributed by atoms with Crippen LogP contribution >= 0.6 is 0 Å². The molecule has 0 aromatic heterocycles. The molecular formula is C9H15NO3. The summed E-state index contributed by atoms with van der Waals surface area (Å²) in [6.45, 7) is 0.793. The Kier molecular flexibility index (Phi) is 1.85. The van der Waals surface area contributed by atoms with Crippen molar-refractivity contribution in [3.8, 4) is 0 Å². The molecule has 1 aliphatic heterocycles. The number of hydrogen-bond donors (Lipinski definition) is 2. The highest BCUT2D eigenvalue weighted by molar-refractivity contribution is 5.75. The molecule has 2 unspecified atom stereocenters. The van der Waals surface area contributed by atoms with Crippen LogP contribution in [0.4, 0.5) is 0 Å². The van der Waals surface area contributed by atoms with Crippen LogP contribution in [0.3, 0.4) is 0 Å². The van der Waals surface area contributed by atoms with Gasteiger partial charge in [0.05, 0.1) is 17.6 Å². The zero-order valence-corrected chi connectivity index (χ0v) is 7.58. The van der Waals surface area contributed by atoms with E-state index in [2.05, 4.69) is 0 Å². The van der Waals surface area contributed by atoms with Gasteiger partial charge in [-0.1, -0.05) is 0 Å². The Morgan fingerprint density at radius 1 is 1.54 bits per heavy atom. The average Bonchev–Trinajstić information content (AvgIpc) is 2.41. The summed E-state index contributed by atoms with van der Waals surface area (Å²) in [4.78, 5) is 11.1. The Bertz CT molecular complexity index is 243. The predicted octanol–water partition coefficient (Wildman–Crippen LogP) is 0.359. The summed E-state index contributed by atoms with van der Waals surface area (Å²) in [5.41, 5.74) is 4.67. The lowest BCUT2D eigenvalue weighted by molar-refractivity contribution is -0.149. The summed E-state index contributed by atoms with van der Waals surface area (Å²) in [6.07, 6.45) is 3.18. The predicted molar refractivity (Wildman–Crippen MR) is 46.3 cm³/mol. The minimum Gasteiger partial charge on any atom is -0.481 e. The van der Waals surface area contributed by atoms with E-state index in [9.17, 15) is 4.79 Å². The standard InChI is InChI=1S/C9H15NO3/c10-5-9-3-1-2-8(4-9,6-13-9)7(11)12/h1-6,10H2,(H,11,12). The molecule has 74 valence electrons. The molecule has 0 amide bonds. The second-order valence-electron chi connectivity index (χ2n) is 4.29. The van der Waals surface area contributed by atoms with Crippen molar-refractivity contribution in [3.63, 3.8) is 0 Å². The van der Waals surface area contributed by atoms with E-state index in [0.29, 0.717) is 19.6 Å². The van der Waals surface area contributed by atoms with Crippen molar-refractivity contribution >= 4 is 5.97 Å². The summed E-state index contributed by atoms with van der Waals surface area (Å²) in [7, 11) is 0. The molecule has 4 nitrogen and oxygen atoms in total. The van der Waals surface area contributed by atoms with E-state index in [-0.39, 0.29) is 5.60 Å². The highest BCUT2D eigenvalue weighted by atomic mass is 16.5. The first kappa shape index (κ1) is 8.97. The fourth-order valence-corrected chi connectivity index (χ4v) is 2.56. The van der Waals surface area contributed by atoms with Crippen LogP contribution in [-0.4, -0.2) is 29.8 Å². The Morgan fingerprint density at radius 3 is 2.92 bits per heavy atom. The Labute approximate surface area is 77.1 Å². The van der Waals surface area contributed by atoms with Crippen LogP contribution in [0.2, 0.25) is 0 Å². The second-order valence-corrected chi connectivity index (χ2v) is 4.29. The fraction of sp³-hybridized carbons (Fsp3) is 0.889. The first-order valence-corrected chi connectivity index (χ1v) is 4.70. The van der Waals surface area contributed by atoms with E-state index in [0.717, 1.165) is 19.3 Å². The van der Waals surface area contributed by atoms with Gasteiger partial charge in [0, 0.05) is 6.54 Å². The van der Waals surface area contributed by atoms with E-state index in [4.69, 9.17) is 15.6 Å². The highest BCUT2D eigenvalue weighted by Crippen LogP contribution is 2.49. The summed E-state index contributed by atoms with van der Waals surface area (Å²) >= 11 is 0. The molecule has 0 aromatic rings. The molecule has 2 rings (SSSR count). The van der Waals surface area contributed by atoms with Crippen LogP contribution in [0.5, 0.6) is 0 Å². The molecule has 0 spiro atoms. The Balaban J connectivity index is 2.23. The normalized spacial score (nSPS) is 43.5. The fourth-order valence-electron chi connectivity index (χ4n) is 2.56. The van der Waals surface area contributed by atoms with Crippen molar-refractivity contribution < 1.29 is 14.6 Å². The molecule has 1 heterocycles. The average molecular weight is 185 g/mol. The zero-order chi connectivity index (χ0) is 9.53. The Hall–Kier alpha value is -0.610. The molecule has 2 aliphatic rings. The quantitative estimate of drug-likeness (QED) is 0.651. The topological polar surface area (TPSA) is 72.6 Å². The molecule has 1 saturated carbocycles. The van der Waals surface area contributed by atoms with Crippen LogP contribution in [-0.2, 0) is 9.53 Å². The third-order valence-corrected chi connectivity index (χ3v) is 3.43. The van der Waals surface area contributed by atoms with Crippen molar-refractivity contribution in [1.82, 2.24) is 0 Å². The van der Waals surface area contributed by atoms with Crippen LogP contribution in [0.1, 0.15) is 25.7 Å². The smallest absolute Gasteiger partial charge is 0.312 e.